The molecule has 0 aromatic heterocycles. The van der Waals surface area contributed by atoms with Crippen LogP contribution in [0.3, 0.4) is 0 Å². The van der Waals surface area contributed by atoms with Gasteiger partial charge in [-0.05, 0) is 34.7 Å². The molecule has 2 amide bonds. The number of halogens is 2. The molecule has 0 bridgehead atoms. The number of phenols is 1. The molecule has 2 heterocycles. The smallest absolute Gasteiger partial charge is 0.245 e. The fourth-order valence-electron chi connectivity index (χ4n) is 3.47. The second-order valence-corrected chi connectivity index (χ2v) is 7.97. The summed E-state index contributed by atoms with van der Waals surface area (Å²) in [4.78, 5) is 27.8. The van der Waals surface area contributed by atoms with Crippen LogP contribution in [0.15, 0.2) is 24.8 Å². The molecule has 1 aromatic rings. The molecule has 0 aliphatic carbocycles. The van der Waals surface area contributed by atoms with Gasteiger partial charge in [0.05, 0.1) is 17.3 Å². The van der Waals surface area contributed by atoms with E-state index in [4.69, 9.17) is 11.6 Å². The standard InChI is InChI=1S/C17H19ClIN3O3/c1-2-16(24)21-6-10-8-22(9-11(10)7-21)17(25)5-20-14-4-13(19)12(18)3-15(14)23/h2-4,10-11,20,23H,1,5-9H2. The maximum atomic E-state index is 12.4. The Morgan fingerprint density at radius 3 is 2.48 bits per heavy atom. The summed E-state index contributed by atoms with van der Waals surface area (Å²) in [5.41, 5.74) is 0.490. The van der Waals surface area contributed by atoms with Crippen LogP contribution < -0.4 is 5.32 Å². The average molecular weight is 476 g/mol. The van der Waals surface area contributed by atoms with Gasteiger partial charge in [0.1, 0.15) is 5.75 Å². The SMILES string of the molecule is C=CC(=O)N1CC2CN(C(=O)CNc3cc(I)c(Cl)cc3O)CC2C1. The molecular formula is C17H19ClIN3O3. The van der Waals surface area contributed by atoms with Crippen LogP contribution in [-0.2, 0) is 9.59 Å². The van der Waals surface area contributed by atoms with Crippen molar-refractivity contribution in [1.82, 2.24) is 9.80 Å². The van der Waals surface area contributed by atoms with E-state index in [1.54, 1.807) is 11.0 Å². The van der Waals surface area contributed by atoms with E-state index in [0.29, 0.717) is 48.7 Å². The summed E-state index contributed by atoms with van der Waals surface area (Å²) < 4.78 is 0.801. The topological polar surface area (TPSA) is 72.9 Å². The molecule has 0 spiro atoms. The van der Waals surface area contributed by atoms with Crippen molar-refractivity contribution < 1.29 is 14.7 Å². The Kier molecular flexibility index (Phi) is 5.43. The van der Waals surface area contributed by atoms with Crippen molar-refractivity contribution in [2.75, 3.05) is 38.0 Å². The van der Waals surface area contributed by atoms with E-state index in [0.717, 1.165) is 3.57 Å². The van der Waals surface area contributed by atoms with E-state index in [-0.39, 0.29) is 24.1 Å². The summed E-state index contributed by atoms with van der Waals surface area (Å²) in [6.45, 7) is 6.32. The first-order chi connectivity index (χ1) is 11.9. The monoisotopic (exact) mass is 475 g/mol. The molecule has 6 nitrogen and oxygen atoms in total. The Bertz CT molecular complexity index is 713. The molecule has 2 aliphatic rings. The van der Waals surface area contributed by atoms with E-state index in [2.05, 4.69) is 34.5 Å². The number of hydrogen-bond donors (Lipinski definition) is 2. The van der Waals surface area contributed by atoms with Crippen LogP contribution in [0.1, 0.15) is 0 Å². The number of anilines is 1. The zero-order valence-corrected chi connectivity index (χ0v) is 16.5. The molecular weight excluding hydrogens is 457 g/mol. The predicted molar refractivity (Wildman–Crippen MR) is 105 cm³/mol. The molecule has 134 valence electrons. The Morgan fingerprint density at radius 2 is 1.88 bits per heavy atom. The molecule has 2 saturated heterocycles. The summed E-state index contributed by atoms with van der Waals surface area (Å²) in [6, 6.07) is 3.17. The number of amides is 2. The van der Waals surface area contributed by atoms with Gasteiger partial charge in [-0.15, -0.1) is 0 Å². The summed E-state index contributed by atoms with van der Waals surface area (Å²) in [6.07, 6.45) is 1.34. The highest BCUT2D eigenvalue weighted by molar-refractivity contribution is 14.1. The van der Waals surface area contributed by atoms with Crippen LogP contribution >= 0.6 is 34.2 Å². The van der Waals surface area contributed by atoms with Gasteiger partial charge in [0.2, 0.25) is 11.8 Å². The van der Waals surface area contributed by atoms with Gasteiger partial charge in [-0.3, -0.25) is 9.59 Å². The molecule has 8 heteroatoms. The first-order valence-corrected chi connectivity index (χ1v) is 9.45. The third-order valence-electron chi connectivity index (χ3n) is 4.79. The summed E-state index contributed by atoms with van der Waals surface area (Å²) >= 11 is 8.02. The first kappa shape index (κ1) is 18.3. The molecule has 1 aromatic carbocycles. The second-order valence-electron chi connectivity index (χ2n) is 6.40. The van der Waals surface area contributed by atoms with Crippen molar-refractivity contribution >= 4 is 51.7 Å². The number of benzene rings is 1. The van der Waals surface area contributed by atoms with Crippen LogP contribution in [0.4, 0.5) is 5.69 Å². The first-order valence-electron chi connectivity index (χ1n) is 8.00. The number of fused-ring (bicyclic) bond motifs is 1. The quantitative estimate of drug-likeness (QED) is 0.398. The lowest BCUT2D eigenvalue weighted by Gasteiger charge is -2.21. The lowest BCUT2D eigenvalue weighted by atomic mass is 10.0. The minimum Gasteiger partial charge on any atom is -0.506 e. The predicted octanol–water partition coefficient (Wildman–Crippen LogP) is 2.16. The van der Waals surface area contributed by atoms with Gasteiger partial charge in [-0.2, -0.15) is 0 Å². The Morgan fingerprint density at radius 1 is 1.28 bits per heavy atom. The molecule has 2 unspecified atom stereocenters. The minimum absolute atomic E-state index is 0.0136. The Balaban J connectivity index is 1.54. The Labute approximate surface area is 164 Å². The minimum atomic E-state index is -0.0400. The van der Waals surface area contributed by atoms with Crippen molar-refractivity contribution in [2.45, 2.75) is 0 Å². The van der Waals surface area contributed by atoms with E-state index < -0.39 is 0 Å². The Hall–Kier alpha value is -1.48. The van der Waals surface area contributed by atoms with Crippen molar-refractivity contribution in [1.29, 1.82) is 0 Å². The molecule has 2 atom stereocenters. The molecule has 2 N–H and O–H groups in total. The lowest BCUT2D eigenvalue weighted by Crippen LogP contribution is -2.37. The van der Waals surface area contributed by atoms with Gasteiger partial charge in [0.15, 0.2) is 0 Å². The number of nitrogens with one attached hydrogen (secondary N) is 1. The number of likely N-dealkylation sites (tertiary alicyclic amines) is 2. The largest absolute Gasteiger partial charge is 0.506 e. The fraction of sp³-hybridized carbons (Fsp3) is 0.412. The lowest BCUT2D eigenvalue weighted by molar-refractivity contribution is -0.128. The van der Waals surface area contributed by atoms with Gasteiger partial charge in [0, 0.05) is 47.7 Å². The molecule has 0 radical (unpaired) electrons. The third kappa shape index (κ3) is 3.87. The summed E-state index contributed by atoms with van der Waals surface area (Å²) in [7, 11) is 0. The third-order valence-corrected chi connectivity index (χ3v) is 6.32. The number of phenolic OH excluding ortho intramolecular Hbond substituents is 1. The number of carbonyl (C=O) groups is 2. The molecule has 25 heavy (non-hydrogen) atoms. The van der Waals surface area contributed by atoms with Crippen LogP contribution in [-0.4, -0.2) is 59.4 Å². The number of rotatable bonds is 4. The zero-order chi connectivity index (χ0) is 18.1. The summed E-state index contributed by atoms with van der Waals surface area (Å²) in [5.74, 6) is 0.632. The highest BCUT2D eigenvalue weighted by Gasteiger charge is 2.42. The maximum Gasteiger partial charge on any atom is 0.245 e. The average Bonchev–Trinajstić information content (AvgIpc) is 3.14. The second kappa shape index (κ2) is 7.41. The zero-order valence-electron chi connectivity index (χ0n) is 13.5. The van der Waals surface area contributed by atoms with Crippen molar-refractivity contribution in [3.05, 3.63) is 33.4 Å². The van der Waals surface area contributed by atoms with Crippen molar-refractivity contribution in [2.24, 2.45) is 11.8 Å². The molecule has 2 fully saturated rings. The van der Waals surface area contributed by atoms with Gasteiger partial charge in [0.25, 0.3) is 0 Å². The van der Waals surface area contributed by atoms with Gasteiger partial charge >= 0.3 is 0 Å². The number of aromatic hydroxyl groups is 1. The van der Waals surface area contributed by atoms with Crippen LogP contribution in [0.2, 0.25) is 5.02 Å². The number of hydrogen-bond acceptors (Lipinski definition) is 4. The fourth-order valence-corrected chi connectivity index (χ4v) is 4.09. The van der Waals surface area contributed by atoms with Crippen LogP contribution in [0.5, 0.6) is 5.75 Å². The van der Waals surface area contributed by atoms with Crippen molar-refractivity contribution in [3.8, 4) is 5.75 Å². The molecule has 3 rings (SSSR count). The number of nitrogens with zero attached hydrogens (tertiary/aromatic N) is 2. The highest BCUT2D eigenvalue weighted by atomic mass is 127. The van der Waals surface area contributed by atoms with Crippen LogP contribution in [0, 0.1) is 15.4 Å². The van der Waals surface area contributed by atoms with Gasteiger partial charge < -0.3 is 20.2 Å². The normalized spacial score (nSPS) is 22.0. The molecule has 0 saturated carbocycles. The van der Waals surface area contributed by atoms with E-state index in [9.17, 15) is 14.7 Å². The van der Waals surface area contributed by atoms with Crippen molar-refractivity contribution in [3.63, 3.8) is 0 Å². The van der Waals surface area contributed by atoms with Gasteiger partial charge in [-0.1, -0.05) is 18.2 Å². The van der Waals surface area contributed by atoms with E-state index in [1.807, 2.05) is 4.90 Å². The maximum absolute atomic E-state index is 12.4. The van der Waals surface area contributed by atoms with Gasteiger partial charge in [-0.25, -0.2) is 0 Å². The van der Waals surface area contributed by atoms with E-state index >= 15 is 0 Å². The van der Waals surface area contributed by atoms with E-state index in [1.165, 1.54) is 12.1 Å². The summed E-state index contributed by atoms with van der Waals surface area (Å²) in [5, 5.41) is 13.4. The molecule has 2 aliphatic heterocycles. The highest BCUT2D eigenvalue weighted by Crippen LogP contribution is 2.33. The number of carbonyl (C=O) groups excluding carboxylic acids is 2. The van der Waals surface area contributed by atoms with Crippen LogP contribution in [0.25, 0.3) is 0 Å².